The molecule has 1 aliphatic heterocycles. The maximum absolute atomic E-state index is 10.2. The molecule has 26 heavy (non-hydrogen) atoms. The lowest BCUT2D eigenvalue weighted by molar-refractivity contribution is -0.248. The van der Waals surface area contributed by atoms with E-state index >= 15 is 0 Å². The van der Waals surface area contributed by atoms with E-state index in [9.17, 15) is 15.3 Å². The molecule has 5 nitrogen and oxygen atoms in total. The van der Waals surface area contributed by atoms with Crippen LogP contribution < -0.4 is 4.74 Å². The molecular weight excluding hydrogens is 356 g/mol. The van der Waals surface area contributed by atoms with Gasteiger partial charge in [0.15, 0.2) is 6.29 Å². The van der Waals surface area contributed by atoms with Gasteiger partial charge in [-0.1, -0.05) is 35.9 Å². The Labute approximate surface area is 157 Å². The Morgan fingerprint density at radius 1 is 1.08 bits per heavy atom. The van der Waals surface area contributed by atoms with Gasteiger partial charge in [-0.25, -0.2) is 0 Å². The third kappa shape index (κ3) is 4.37. The van der Waals surface area contributed by atoms with Crippen molar-refractivity contribution in [3.8, 4) is 5.75 Å². The summed E-state index contributed by atoms with van der Waals surface area (Å²) in [5.74, 6) is 0.822. The van der Waals surface area contributed by atoms with Crippen LogP contribution in [0.5, 0.6) is 5.75 Å². The normalized spacial score (nSPS) is 25.9. The monoisotopic (exact) mass is 378 g/mol. The highest BCUT2D eigenvalue weighted by Gasteiger charge is 2.36. The van der Waals surface area contributed by atoms with E-state index in [1.54, 1.807) is 12.1 Å². The Bertz CT molecular complexity index is 733. The lowest BCUT2D eigenvalue weighted by Crippen LogP contribution is -2.42. The van der Waals surface area contributed by atoms with Gasteiger partial charge in [0, 0.05) is 11.4 Å². The number of hydrogen-bond donors (Lipinski definition) is 3. The van der Waals surface area contributed by atoms with Crippen LogP contribution in [0.1, 0.15) is 36.1 Å². The van der Waals surface area contributed by atoms with Gasteiger partial charge in [-0.3, -0.25) is 0 Å². The van der Waals surface area contributed by atoms with E-state index in [2.05, 4.69) is 0 Å². The minimum atomic E-state index is -1.31. The second-order valence-corrected chi connectivity index (χ2v) is 6.83. The van der Waals surface area contributed by atoms with Crippen LogP contribution in [0, 0.1) is 0 Å². The maximum atomic E-state index is 10.2. The van der Waals surface area contributed by atoms with Crippen LogP contribution in [0.15, 0.2) is 42.5 Å². The predicted molar refractivity (Wildman–Crippen MR) is 98.3 cm³/mol. The molecule has 140 valence electrons. The van der Waals surface area contributed by atoms with Crippen LogP contribution in [0.4, 0.5) is 0 Å². The minimum absolute atomic E-state index is 0.0582. The molecule has 4 atom stereocenters. The van der Waals surface area contributed by atoms with Crippen molar-refractivity contribution < 1.29 is 24.8 Å². The van der Waals surface area contributed by atoms with Crippen molar-refractivity contribution in [3.63, 3.8) is 0 Å². The first-order chi connectivity index (χ1) is 12.5. The summed E-state index contributed by atoms with van der Waals surface area (Å²) >= 11 is 6.34. The highest BCUT2D eigenvalue weighted by molar-refractivity contribution is 6.31. The van der Waals surface area contributed by atoms with E-state index in [-0.39, 0.29) is 6.42 Å². The largest absolute Gasteiger partial charge is 0.494 e. The molecule has 0 bridgehead atoms. The average Bonchev–Trinajstić information content (AvgIpc) is 2.62. The van der Waals surface area contributed by atoms with Gasteiger partial charge in [0.2, 0.25) is 0 Å². The Morgan fingerprint density at radius 3 is 2.50 bits per heavy atom. The molecule has 0 aromatic heterocycles. The summed E-state index contributed by atoms with van der Waals surface area (Å²) in [5, 5.41) is 30.2. The maximum Gasteiger partial charge on any atom is 0.181 e. The summed E-state index contributed by atoms with van der Waals surface area (Å²) in [6.07, 6.45) is -3.32. The van der Waals surface area contributed by atoms with Gasteiger partial charge in [0.1, 0.15) is 18.0 Å². The van der Waals surface area contributed by atoms with Crippen molar-refractivity contribution in [3.05, 3.63) is 64.2 Å². The average molecular weight is 379 g/mol. The van der Waals surface area contributed by atoms with Crippen molar-refractivity contribution in [2.24, 2.45) is 0 Å². The number of benzene rings is 2. The molecule has 2 aromatic carbocycles. The second-order valence-electron chi connectivity index (χ2n) is 6.42. The predicted octanol–water partition coefficient (Wildman–Crippen LogP) is 2.83. The molecule has 3 rings (SSSR count). The number of halogens is 1. The minimum Gasteiger partial charge on any atom is -0.494 e. The zero-order chi connectivity index (χ0) is 18.7. The Morgan fingerprint density at radius 2 is 1.81 bits per heavy atom. The van der Waals surface area contributed by atoms with Gasteiger partial charge in [-0.2, -0.15) is 0 Å². The molecule has 1 heterocycles. The molecule has 6 heteroatoms. The number of aliphatic hydroxyl groups is 3. The Kier molecular flexibility index (Phi) is 6.16. The van der Waals surface area contributed by atoms with Crippen LogP contribution in [0.3, 0.4) is 0 Å². The summed E-state index contributed by atoms with van der Waals surface area (Å²) in [6.45, 7) is 2.56. The fourth-order valence-electron chi connectivity index (χ4n) is 3.12. The Hall–Kier alpha value is -1.63. The van der Waals surface area contributed by atoms with Gasteiger partial charge in [-0.05, 0) is 48.2 Å². The third-order valence-corrected chi connectivity index (χ3v) is 4.84. The molecule has 0 aliphatic carbocycles. The smallest absolute Gasteiger partial charge is 0.181 e. The number of rotatable bonds is 5. The topological polar surface area (TPSA) is 79.2 Å². The number of ether oxygens (including phenoxy) is 2. The van der Waals surface area contributed by atoms with Gasteiger partial charge in [-0.15, -0.1) is 0 Å². The van der Waals surface area contributed by atoms with Gasteiger partial charge >= 0.3 is 0 Å². The van der Waals surface area contributed by atoms with Crippen molar-refractivity contribution in [2.45, 2.75) is 44.4 Å². The van der Waals surface area contributed by atoms with Crippen LogP contribution in [0.25, 0.3) is 0 Å². The lowest BCUT2D eigenvalue weighted by Gasteiger charge is -2.35. The third-order valence-electron chi connectivity index (χ3n) is 4.47. The van der Waals surface area contributed by atoms with E-state index < -0.39 is 24.6 Å². The van der Waals surface area contributed by atoms with Crippen LogP contribution in [-0.4, -0.2) is 40.4 Å². The molecular formula is C20H23ClO5. The second kappa shape index (κ2) is 8.37. The SMILES string of the molecule is CCOc1ccc(Cc2cc([C@@H]3OC(O)C(O)CC3O)ccc2Cl)cc1. The number of hydrogen-bond acceptors (Lipinski definition) is 5. The van der Waals surface area contributed by atoms with Gasteiger partial charge < -0.3 is 24.8 Å². The zero-order valence-corrected chi connectivity index (χ0v) is 15.3. The Balaban J connectivity index is 1.79. The fourth-order valence-corrected chi connectivity index (χ4v) is 3.30. The van der Waals surface area contributed by atoms with Gasteiger partial charge in [0.25, 0.3) is 0 Å². The summed E-state index contributed by atoms with van der Waals surface area (Å²) in [7, 11) is 0. The molecule has 1 saturated heterocycles. The molecule has 0 amide bonds. The van der Waals surface area contributed by atoms with E-state index in [4.69, 9.17) is 21.1 Å². The molecule has 0 saturated carbocycles. The summed E-state index contributed by atoms with van der Waals surface area (Å²) in [5.41, 5.74) is 2.69. The summed E-state index contributed by atoms with van der Waals surface area (Å²) < 4.78 is 10.8. The molecule has 1 aliphatic rings. The molecule has 0 radical (unpaired) electrons. The van der Waals surface area contributed by atoms with E-state index in [0.717, 1.165) is 16.9 Å². The quantitative estimate of drug-likeness (QED) is 0.745. The molecule has 3 N–H and O–H groups in total. The number of aliphatic hydroxyl groups excluding tert-OH is 3. The first kappa shape index (κ1) is 19.1. The summed E-state index contributed by atoms with van der Waals surface area (Å²) in [4.78, 5) is 0. The van der Waals surface area contributed by atoms with E-state index in [1.807, 2.05) is 37.3 Å². The highest BCUT2D eigenvalue weighted by atomic mass is 35.5. The van der Waals surface area contributed by atoms with Crippen LogP contribution in [0.2, 0.25) is 5.02 Å². The van der Waals surface area contributed by atoms with Crippen molar-refractivity contribution in [1.29, 1.82) is 0 Å². The van der Waals surface area contributed by atoms with Crippen LogP contribution in [-0.2, 0) is 11.2 Å². The highest BCUT2D eigenvalue weighted by Crippen LogP contribution is 2.33. The molecule has 3 unspecified atom stereocenters. The van der Waals surface area contributed by atoms with E-state index in [0.29, 0.717) is 23.6 Å². The van der Waals surface area contributed by atoms with Crippen molar-refractivity contribution in [2.75, 3.05) is 6.61 Å². The first-order valence-electron chi connectivity index (χ1n) is 8.67. The van der Waals surface area contributed by atoms with Crippen molar-refractivity contribution >= 4 is 11.6 Å². The molecule has 2 aromatic rings. The molecule has 0 spiro atoms. The summed E-state index contributed by atoms with van der Waals surface area (Å²) in [6, 6.07) is 13.2. The van der Waals surface area contributed by atoms with E-state index in [1.165, 1.54) is 0 Å². The van der Waals surface area contributed by atoms with Crippen molar-refractivity contribution in [1.82, 2.24) is 0 Å². The first-order valence-corrected chi connectivity index (χ1v) is 9.05. The lowest BCUT2D eigenvalue weighted by atomic mass is 9.94. The standard InChI is InChI=1S/C20H23ClO5/c1-2-25-15-6-3-12(4-7-15)9-14-10-13(5-8-16(14)21)19-17(22)11-18(23)20(24)26-19/h3-8,10,17-20,22-24H,2,9,11H2,1H3/t17?,18?,19-,20?/m0/s1. The van der Waals surface area contributed by atoms with Crippen LogP contribution >= 0.6 is 11.6 Å². The fraction of sp³-hybridized carbons (Fsp3) is 0.400. The molecule has 1 fully saturated rings. The van der Waals surface area contributed by atoms with Gasteiger partial charge in [0.05, 0.1) is 12.7 Å². The zero-order valence-electron chi connectivity index (χ0n) is 14.5.